The lowest BCUT2D eigenvalue weighted by Crippen LogP contribution is -2.47. The highest BCUT2D eigenvalue weighted by molar-refractivity contribution is 9.10. The summed E-state index contributed by atoms with van der Waals surface area (Å²) in [5.74, 6) is 1.22. The van der Waals surface area contributed by atoms with Crippen LogP contribution in [0.4, 0.5) is 5.82 Å². The van der Waals surface area contributed by atoms with Gasteiger partial charge in [0.05, 0.1) is 10.6 Å². The molecule has 25 heavy (non-hydrogen) atoms. The number of hydrogen-bond acceptors (Lipinski definition) is 4. The number of pyridine rings is 1. The number of nitrogens with zero attached hydrogens (tertiary/aromatic N) is 3. The lowest BCUT2D eigenvalue weighted by molar-refractivity contribution is 0.0655. The minimum atomic E-state index is 0.188. The van der Waals surface area contributed by atoms with E-state index in [1.54, 1.807) is 0 Å². The summed E-state index contributed by atoms with van der Waals surface area (Å²) in [6.45, 7) is 6.87. The number of hydrogen-bond donors (Lipinski definition) is 0. The Kier molecular flexibility index (Phi) is 6.12. The van der Waals surface area contributed by atoms with E-state index in [1.807, 2.05) is 24.4 Å². The summed E-state index contributed by atoms with van der Waals surface area (Å²) in [4.78, 5) is 22.8. The molecule has 0 aliphatic carbocycles. The van der Waals surface area contributed by atoms with E-state index in [2.05, 4.69) is 49.8 Å². The normalized spacial score (nSPS) is 15.4. The monoisotopic (exact) mass is 421 g/mol. The van der Waals surface area contributed by atoms with Crippen LogP contribution in [-0.2, 0) is 0 Å². The van der Waals surface area contributed by atoms with Gasteiger partial charge in [0.15, 0.2) is 0 Å². The van der Waals surface area contributed by atoms with Crippen LogP contribution in [0, 0.1) is 6.92 Å². The summed E-state index contributed by atoms with van der Waals surface area (Å²) in [6.07, 6.45) is 2.98. The number of aryl methyl sites for hydroxylation is 1. The molecule has 0 saturated carbocycles. The summed E-state index contributed by atoms with van der Waals surface area (Å²) >= 11 is 5.04. The van der Waals surface area contributed by atoms with Crippen LogP contribution < -0.4 is 4.90 Å². The Morgan fingerprint density at radius 2 is 2.12 bits per heavy atom. The maximum Gasteiger partial charge on any atom is 0.264 e. The second kappa shape index (κ2) is 8.32. The quantitative estimate of drug-likeness (QED) is 0.699. The van der Waals surface area contributed by atoms with Gasteiger partial charge in [0.1, 0.15) is 5.82 Å². The average Bonchev–Trinajstić information content (AvgIpc) is 3.16. The Balaban J connectivity index is 1.66. The maximum atomic E-state index is 12.8. The van der Waals surface area contributed by atoms with Crippen molar-refractivity contribution in [3.05, 3.63) is 44.7 Å². The summed E-state index contributed by atoms with van der Waals surface area (Å²) in [5, 5.41) is 1.97. The second-order valence-corrected chi connectivity index (χ2v) is 8.23. The van der Waals surface area contributed by atoms with E-state index in [0.717, 1.165) is 59.8 Å². The van der Waals surface area contributed by atoms with Gasteiger partial charge >= 0.3 is 0 Å². The van der Waals surface area contributed by atoms with Gasteiger partial charge in [-0.3, -0.25) is 4.79 Å². The van der Waals surface area contributed by atoms with Crippen molar-refractivity contribution in [3.8, 4) is 0 Å². The molecule has 3 rings (SSSR count). The first-order chi connectivity index (χ1) is 12.1. The number of halogens is 1. The first-order valence-corrected chi connectivity index (χ1v) is 10.5. The van der Waals surface area contributed by atoms with Crippen molar-refractivity contribution < 1.29 is 4.79 Å². The maximum absolute atomic E-state index is 12.8. The molecule has 0 aromatic carbocycles. The fourth-order valence-electron chi connectivity index (χ4n) is 3.35. The summed E-state index contributed by atoms with van der Waals surface area (Å²) < 4.78 is 1.04. The van der Waals surface area contributed by atoms with Crippen LogP contribution in [0.2, 0.25) is 0 Å². The van der Waals surface area contributed by atoms with Crippen LogP contribution in [0.25, 0.3) is 0 Å². The van der Waals surface area contributed by atoms with Gasteiger partial charge in [-0.05, 0) is 65.7 Å². The van der Waals surface area contributed by atoms with Crippen molar-refractivity contribution >= 4 is 39.0 Å². The summed E-state index contributed by atoms with van der Waals surface area (Å²) in [6, 6.07) is 8.33. The van der Waals surface area contributed by atoms with Crippen LogP contribution in [0.5, 0.6) is 0 Å². The van der Waals surface area contributed by atoms with Gasteiger partial charge in [0.2, 0.25) is 0 Å². The Morgan fingerprint density at radius 1 is 1.36 bits per heavy atom. The molecular formula is C19H24BrN3OS. The van der Waals surface area contributed by atoms with Gasteiger partial charge in [0, 0.05) is 30.1 Å². The molecule has 134 valence electrons. The topological polar surface area (TPSA) is 36.4 Å². The third kappa shape index (κ3) is 4.23. The first-order valence-electron chi connectivity index (χ1n) is 8.82. The highest BCUT2D eigenvalue weighted by atomic mass is 79.9. The van der Waals surface area contributed by atoms with E-state index in [-0.39, 0.29) is 5.91 Å². The van der Waals surface area contributed by atoms with Gasteiger partial charge in [-0.25, -0.2) is 4.98 Å². The van der Waals surface area contributed by atoms with Crippen molar-refractivity contribution in [3.63, 3.8) is 0 Å². The van der Waals surface area contributed by atoms with Gasteiger partial charge in [-0.15, -0.1) is 11.3 Å². The molecule has 1 saturated heterocycles. The van der Waals surface area contributed by atoms with E-state index in [4.69, 9.17) is 0 Å². The number of piperidine rings is 1. The smallest absolute Gasteiger partial charge is 0.264 e. The minimum Gasteiger partial charge on any atom is -0.356 e. The van der Waals surface area contributed by atoms with Crippen molar-refractivity contribution in [2.45, 2.75) is 39.2 Å². The number of anilines is 1. The van der Waals surface area contributed by atoms with Crippen molar-refractivity contribution in [1.82, 2.24) is 9.88 Å². The van der Waals surface area contributed by atoms with E-state index < -0.39 is 0 Å². The molecular weight excluding hydrogens is 398 g/mol. The molecule has 6 heteroatoms. The van der Waals surface area contributed by atoms with Crippen LogP contribution in [0.15, 0.2) is 34.1 Å². The lowest BCUT2D eigenvalue weighted by atomic mass is 10.0. The zero-order chi connectivity index (χ0) is 17.8. The molecule has 1 aliphatic rings. The zero-order valence-electron chi connectivity index (χ0n) is 14.7. The van der Waals surface area contributed by atoms with Gasteiger partial charge in [0.25, 0.3) is 5.91 Å². The minimum absolute atomic E-state index is 0.188. The standard InChI is InChI=1S/C19H24BrN3OS/c1-3-10-23(19(24)17-5-4-13-25-17)15-8-11-22(12-9-15)18-7-6-16(20)14(2)21-18/h4-7,13,15H,3,8-12H2,1-2H3. The molecule has 1 fully saturated rings. The van der Waals surface area contributed by atoms with Gasteiger partial charge in [-0.2, -0.15) is 0 Å². The predicted octanol–water partition coefficient (Wildman–Crippen LogP) is 4.74. The number of aromatic nitrogens is 1. The molecule has 4 nitrogen and oxygen atoms in total. The molecule has 2 aromatic heterocycles. The molecule has 0 atom stereocenters. The summed E-state index contributed by atoms with van der Waals surface area (Å²) in [5.41, 5.74) is 1.01. The Hall–Kier alpha value is -1.40. The Morgan fingerprint density at radius 3 is 2.72 bits per heavy atom. The fraction of sp³-hybridized carbons (Fsp3) is 0.474. The average molecular weight is 422 g/mol. The Labute approximate surface area is 162 Å². The van der Waals surface area contributed by atoms with E-state index in [0.29, 0.717) is 6.04 Å². The van der Waals surface area contributed by atoms with Crippen LogP contribution in [-0.4, -0.2) is 41.5 Å². The number of amides is 1. The number of rotatable bonds is 5. The van der Waals surface area contributed by atoms with Gasteiger partial charge in [-0.1, -0.05) is 13.0 Å². The fourth-order valence-corrected chi connectivity index (χ4v) is 4.25. The first kappa shape index (κ1) is 18.4. The highest BCUT2D eigenvalue weighted by Gasteiger charge is 2.29. The van der Waals surface area contributed by atoms with Crippen LogP contribution in [0.1, 0.15) is 41.6 Å². The predicted molar refractivity (Wildman–Crippen MR) is 108 cm³/mol. The third-order valence-electron chi connectivity index (χ3n) is 4.69. The van der Waals surface area contributed by atoms with E-state index in [1.165, 1.54) is 11.3 Å². The van der Waals surface area contributed by atoms with Crippen molar-refractivity contribution in [1.29, 1.82) is 0 Å². The lowest BCUT2D eigenvalue weighted by Gasteiger charge is -2.39. The van der Waals surface area contributed by atoms with E-state index >= 15 is 0 Å². The molecule has 0 radical (unpaired) electrons. The van der Waals surface area contributed by atoms with E-state index in [9.17, 15) is 4.79 Å². The molecule has 2 aromatic rings. The Bertz CT molecular complexity index is 711. The molecule has 3 heterocycles. The number of carbonyl (C=O) groups excluding carboxylic acids is 1. The number of carbonyl (C=O) groups is 1. The second-order valence-electron chi connectivity index (χ2n) is 6.43. The van der Waals surface area contributed by atoms with Crippen LogP contribution >= 0.6 is 27.3 Å². The van der Waals surface area contributed by atoms with Crippen LogP contribution in [0.3, 0.4) is 0 Å². The highest BCUT2D eigenvalue weighted by Crippen LogP contribution is 2.25. The van der Waals surface area contributed by atoms with Crippen molar-refractivity contribution in [2.75, 3.05) is 24.5 Å². The summed E-state index contributed by atoms with van der Waals surface area (Å²) in [7, 11) is 0. The molecule has 1 amide bonds. The van der Waals surface area contributed by atoms with Gasteiger partial charge < -0.3 is 9.80 Å². The molecule has 0 unspecified atom stereocenters. The SMILES string of the molecule is CCCN(C(=O)c1cccs1)C1CCN(c2ccc(Br)c(C)n2)CC1. The zero-order valence-corrected chi connectivity index (χ0v) is 17.1. The molecule has 0 spiro atoms. The number of thiophene rings is 1. The third-order valence-corrected chi connectivity index (χ3v) is 6.39. The molecule has 0 bridgehead atoms. The molecule has 1 aliphatic heterocycles. The van der Waals surface area contributed by atoms with Crippen molar-refractivity contribution in [2.24, 2.45) is 0 Å². The largest absolute Gasteiger partial charge is 0.356 e. The molecule has 0 N–H and O–H groups in total.